The largest absolute Gasteiger partial charge is 0.496 e. The van der Waals surface area contributed by atoms with E-state index in [1.54, 1.807) is 7.11 Å². The van der Waals surface area contributed by atoms with Crippen molar-refractivity contribution in [3.63, 3.8) is 0 Å². The number of fused-ring (bicyclic) bond motifs is 1. The maximum atomic E-state index is 5.75. The minimum atomic E-state index is 0.441. The monoisotopic (exact) mass is 297 g/mol. The Morgan fingerprint density at radius 1 is 1.24 bits per heavy atom. The summed E-state index contributed by atoms with van der Waals surface area (Å²) in [4.78, 5) is 5.15. The molecule has 2 heterocycles. The van der Waals surface area contributed by atoms with Crippen molar-refractivity contribution in [2.24, 2.45) is 5.73 Å². The third kappa shape index (κ3) is 2.48. The van der Waals surface area contributed by atoms with E-state index in [0.29, 0.717) is 11.4 Å². The summed E-state index contributed by atoms with van der Waals surface area (Å²) in [5, 5.41) is 0. The Bertz CT molecular complexity index is 810. The molecule has 4 nitrogen and oxygen atoms in total. The fraction of sp³-hybridized carbons (Fsp3) is 0.125. The standard InChI is InChI=1S/C16H15N3OS/c1-20-13-7-3-2-6-11(13)16-12(10-14(17)21)19-9-5-4-8-15(19)18-16/h2-9H,10H2,1H3,(H2,17,21). The van der Waals surface area contributed by atoms with E-state index in [9.17, 15) is 0 Å². The summed E-state index contributed by atoms with van der Waals surface area (Å²) >= 11 is 5.08. The van der Waals surface area contributed by atoms with Gasteiger partial charge < -0.3 is 14.9 Å². The third-order valence-corrected chi connectivity index (χ3v) is 3.48. The number of hydrogen-bond donors (Lipinski definition) is 1. The van der Waals surface area contributed by atoms with Gasteiger partial charge >= 0.3 is 0 Å². The number of ether oxygens (including phenoxy) is 1. The number of nitrogens with zero attached hydrogens (tertiary/aromatic N) is 2. The van der Waals surface area contributed by atoms with Crippen LogP contribution in [0.25, 0.3) is 16.9 Å². The summed E-state index contributed by atoms with van der Waals surface area (Å²) in [7, 11) is 1.65. The van der Waals surface area contributed by atoms with Crippen molar-refractivity contribution < 1.29 is 4.74 Å². The zero-order valence-corrected chi connectivity index (χ0v) is 12.4. The van der Waals surface area contributed by atoms with Crippen LogP contribution in [0.4, 0.5) is 0 Å². The van der Waals surface area contributed by atoms with Gasteiger partial charge in [0.2, 0.25) is 0 Å². The third-order valence-electron chi connectivity index (χ3n) is 3.33. The van der Waals surface area contributed by atoms with Crippen molar-refractivity contribution in [1.29, 1.82) is 0 Å². The Labute approximate surface area is 128 Å². The molecule has 0 bridgehead atoms. The molecule has 0 fully saturated rings. The van der Waals surface area contributed by atoms with Crippen LogP contribution in [-0.2, 0) is 6.42 Å². The van der Waals surface area contributed by atoms with E-state index in [4.69, 9.17) is 27.7 Å². The number of benzene rings is 1. The number of pyridine rings is 1. The van der Waals surface area contributed by atoms with E-state index in [1.165, 1.54) is 0 Å². The van der Waals surface area contributed by atoms with Crippen LogP contribution in [0, 0.1) is 0 Å². The highest BCUT2D eigenvalue weighted by molar-refractivity contribution is 7.80. The maximum Gasteiger partial charge on any atom is 0.137 e. The molecule has 0 unspecified atom stereocenters. The Kier molecular flexibility index (Phi) is 3.58. The zero-order chi connectivity index (χ0) is 14.8. The molecule has 2 aromatic heterocycles. The van der Waals surface area contributed by atoms with Gasteiger partial charge in [-0.15, -0.1) is 0 Å². The lowest BCUT2D eigenvalue weighted by Crippen LogP contribution is -2.13. The number of imidazole rings is 1. The number of para-hydroxylation sites is 1. The van der Waals surface area contributed by atoms with Gasteiger partial charge in [-0.3, -0.25) is 0 Å². The fourth-order valence-corrected chi connectivity index (χ4v) is 2.57. The van der Waals surface area contributed by atoms with Gasteiger partial charge in [-0.05, 0) is 24.3 Å². The Morgan fingerprint density at radius 2 is 2.00 bits per heavy atom. The van der Waals surface area contributed by atoms with Gasteiger partial charge in [-0.25, -0.2) is 4.98 Å². The molecule has 5 heteroatoms. The predicted molar refractivity (Wildman–Crippen MR) is 87.7 cm³/mol. The van der Waals surface area contributed by atoms with Crippen LogP contribution in [0.3, 0.4) is 0 Å². The van der Waals surface area contributed by atoms with Crippen LogP contribution in [0.1, 0.15) is 5.69 Å². The van der Waals surface area contributed by atoms with Crippen LogP contribution >= 0.6 is 12.2 Å². The molecule has 0 aliphatic heterocycles. The normalized spacial score (nSPS) is 10.7. The average Bonchev–Trinajstić information content (AvgIpc) is 2.85. The molecule has 0 radical (unpaired) electrons. The molecule has 106 valence electrons. The number of hydrogen-bond acceptors (Lipinski definition) is 3. The lowest BCUT2D eigenvalue weighted by molar-refractivity contribution is 0.416. The SMILES string of the molecule is COc1ccccc1-c1nc2ccccn2c1CC(N)=S. The first-order valence-corrected chi connectivity index (χ1v) is 6.99. The van der Waals surface area contributed by atoms with Crippen LogP contribution in [0.2, 0.25) is 0 Å². The molecule has 0 spiro atoms. The number of thiocarbonyl (C=S) groups is 1. The molecule has 0 aliphatic rings. The molecule has 0 amide bonds. The van der Waals surface area contributed by atoms with Crippen LogP contribution in [0.15, 0.2) is 48.7 Å². The van der Waals surface area contributed by atoms with Crippen LogP contribution < -0.4 is 10.5 Å². The second kappa shape index (κ2) is 5.54. The van der Waals surface area contributed by atoms with E-state index >= 15 is 0 Å². The molecular formula is C16H15N3OS. The van der Waals surface area contributed by atoms with E-state index < -0.39 is 0 Å². The molecule has 0 saturated carbocycles. The Hall–Kier alpha value is -2.40. The smallest absolute Gasteiger partial charge is 0.137 e. The highest BCUT2D eigenvalue weighted by Crippen LogP contribution is 2.32. The topological polar surface area (TPSA) is 52.5 Å². The van der Waals surface area contributed by atoms with Crippen molar-refractivity contribution in [2.45, 2.75) is 6.42 Å². The molecule has 0 atom stereocenters. The molecular weight excluding hydrogens is 282 g/mol. The van der Waals surface area contributed by atoms with E-state index in [0.717, 1.165) is 28.3 Å². The molecule has 2 N–H and O–H groups in total. The van der Waals surface area contributed by atoms with Gasteiger partial charge in [-0.2, -0.15) is 0 Å². The fourth-order valence-electron chi connectivity index (χ4n) is 2.44. The summed E-state index contributed by atoms with van der Waals surface area (Å²) in [6.07, 6.45) is 2.46. The quantitative estimate of drug-likeness (QED) is 0.752. The number of rotatable bonds is 4. The molecule has 0 aliphatic carbocycles. The summed E-state index contributed by atoms with van der Waals surface area (Å²) in [6.45, 7) is 0. The van der Waals surface area contributed by atoms with Crippen molar-refractivity contribution in [1.82, 2.24) is 9.38 Å². The summed E-state index contributed by atoms with van der Waals surface area (Å²) in [5.74, 6) is 0.782. The lowest BCUT2D eigenvalue weighted by Gasteiger charge is -2.08. The highest BCUT2D eigenvalue weighted by Gasteiger charge is 2.17. The van der Waals surface area contributed by atoms with E-state index in [-0.39, 0.29) is 0 Å². The Morgan fingerprint density at radius 3 is 2.76 bits per heavy atom. The number of nitrogens with two attached hydrogens (primary N) is 1. The van der Waals surface area contributed by atoms with Gasteiger partial charge in [0, 0.05) is 18.2 Å². The van der Waals surface area contributed by atoms with Crippen molar-refractivity contribution in [2.75, 3.05) is 7.11 Å². The van der Waals surface area contributed by atoms with Crippen molar-refractivity contribution in [3.8, 4) is 17.0 Å². The molecule has 1 aromatic carbocycles. The molecule has 3 aromatic rings. The lowest BCUT2D eigenvalue weighted by atomic mass is 10.1. The minimum Gasteiger partial charge on any atom is -0.496 e. The average molecular weight is 297 g/mol. The van der Waals surface area contributed by atoms with Gasteiger partial charge in [0.1, 0.15) is 11.4 Å². The number of aromatic nitrogens is 2. The summed E-state index contributed by atoms with van der Waals surface area (Å²) < 4.78 is 7.46. The highest BCUT2D eigenvalue weighted by atomic mass is 32.1. The second-order valence-corrected chi connectivity index (χ2v) is 5.20. The van der Waals surface area contributed by atoms with Crippen LogP contribution in [-0.4, -0.2) is 21.5 Å². The van der Waals surface area contributed by atoms with E-state index in [2.05, 4.69) is 0 Å². The second-order valence-electron chi connectivity index (χ2n) is 4.68. The molecule has 3 rings (SSSR count). The van der Waals surface area contributed by atoms with Crippen LogP contribution in [0.5, 0.6) is 5.75 Å². The zero-order valence-electron chi connectivity index (χ0n) is 11.6. The first-order valence-electron chi connectivity index (χ1n) is 6.58. The van der Waals surface area contributed by atoms with Gasteiger partial charge in [-0.1, -0.05) is 30.4 Å². The van der Waals surface area contributed by atoms with Gasteiger partial charge in [0.15, 0.2) is 0 Å². The van der Waals surface area contributed by atoms with Gasteiger partial charge in [0.25, 0.3) is 0 Å². The minimum absolute atomic E-state index is 0.441. The number of methoxy groups -OCH3 is 1. The van der Waals surface area contributed by atoms with E-state index in [1.807, 2.05) is 53.1 Å². The summed E-state index contributed by atoms with van der Waals surface area (Å²) in [6, 6.07) is 13.7. The Balaban J connectivity index is 2.28. The predicted octanol–water partition coefficient (Wildman–Crippen LogP) is 2.84. The van der Waals surface area contributed by atoms with Crippen molar-refractivity contribution in [3.05, 3.63) is 54.4 Å². The first kappa shape index (κ1) is 13.6. The molecule has 0 saturated heterocycles. The molecule has 21 heavy (non-hydrogen) atoms. The van der Waals surface area contributed by atoms with Crippen molar-refractivity contribution >= 4 is 22.9 Å². The maximum absolute atomic E-state index is 5.75. The van der Waals surface area contributed by atoms with Gasteiger partial charge in [0.05, 0.1) is 23.5 Å². The first-order chi connectivity index (χ1) is 10.2. The summed E-state index contributed by atoms with van der Waals surface area (Å²) in [5.41, 5.74) is 9.38.